The summed E-state index contributed by atoms with van der Waals surface area (Å²) in [6, 6.07) is 0.741. The SMILES string of the molecule is CSCC(C)CN1CCCC(NC2CC2)C1=O. The monoisotopic (exact) mass is 256 g/mol. The zero-order valence-corrected chi connectivity index (χ0v) is 11.8. The van der Waals surface area contributed by atoms with E-state index in [1.54, 1.807) is 0 Å². The molecule has 1 aliphatic carbocycles. The molecule has 1 aliphatic heterocycles. The molecule has 1 N–H and O–H groups in total. The summed E-state index contributed by atoms with van der Waals surface area (Å²) < 4.78 is 0. The van der Waals surface area contributed by atoms with Crippen LogP contribution in [0.4, 0.5) is 0 Å². The molecule has 0 radical (unpaired) electrons. The molecular weight excluding hydrogens is 232 g/mol. The summed E-state index contributed by atoms with van der Waals surface area (Å²) >= 11 is 1.87. The maximum Gasteiger partial charge on any atom is 0.239 e. The minimum Gasteiger partial charge on any atom is -0.341 e. The molecule has 2 rings (SSSR count). The van der Waals surface area contributed by atoms with Crippen LogP contribution in [0.15, 0.2) is 0 Å². The minimum atomic E-state index is 0.109. The van der Waals surface area contributed by atoms with Gasteiger partial charge in [-0.2, -0.15) is 11.8 Å². The third-order valence-electron chi connectivity index (χ3n) is 3.53. The topological polar surface area (TPSA) is 32.3 Å². The number of hydrogen-bond acceptors (Lipinski definition) is 3. The van der Waals surface area contributed by atoms with Crippen LogP contribution < -0.4 is 5.32 Å². The van der Waals surface area contributed by atoms with Crippen molar-refractivity contribution >= 4 is 17.7 Å². The average molecular weight is 256 g/mol. The van der Waals surface area contributed by atoms with Gasteiger partial charge in [0.25, 0.3) is 0 Å². The van der Waals surface area contributed by atoms with Crippen LogP contribution in [-0.2, 0) is 4.79 Å². The molecule has 0 bridgehead atoms. The van der Waals surface area contributed by atoms with Crippen molar-refractivity contribution < 1.29 is 4.79 Å². The Morgan fingerprint density at radius 1 is 1.47 bits per heavy atom. The van der Waals surface area contributed by atoms with Crippen LogP contribution in [0.5, 0.6) is 0 Å². The Hall–Kier alpha value is -0.220. The van der Waals surface area contributed by atoms with Gasteiger partial charge in [-0.1, -0.05) is 6.92 Å². The molecule has 2 atom stereocenters. The van der Waals surface area contributed by atoms with Crippen molar-refractivity contribution in [3.63, 3.8) is 0 Å². The van der Waals surface area contributed by atoms with E-state index in [0.717, 1.165) is 31.7 Å². The number of piperidine rings is 1. The van der Waals surface area contributed by atoms with E-state index in [-0.39, 0.29) is 6.04 Å². The van der Waals surface area contributed by atoms with Crippen LogP contribution in [0.25, 0.3) is 0 Å². The molecule has 1 saturated heterocycles. The zero-order chi connectivity index (χ0) is 12.3. The van der Waals surface area contributed by atoms with Crippen molar-refractivity contribution in [1.82, 2.24) is 10.2 Å². The summed E-state index contributed by atoms with van der Waals surface area (Å²) in [5.41, 5.74) is 0. The second-order valence-electron chi connectivity index (χ2n) is 5.48. The molecule has 3 nitrogen and oxygen atoms in total. The van der Waals surface area contributed by atoms with Crippen molar-refractivity contribution in [2.75, 3.05) is 25.1 Å². The lowest BCUT2D eigenvalue weighted by molar-refractivity contribution is -0.136. The number of nitrogens with zero attached hydrogens (tertiary/aromatic N) is 1. The average Bonchev–Trinajstić information content (AvgIpc) is 3.08. The van der Waals surface area contributed by atoms with E-state index < -0.39 is 0 Å². The Balaban J connectivity index is 1.81. The Kier molecular flexibility index (Phi) is 4.74. The van der Waals surface area contributed by atoms with E-state index >= 15 is 0 Å². The second kappa shape index (κ2) is 6.10. The molecule has 0 aromatic carbocycles. The van der Waals surface area contributed by atoms with Crippen LogP contribution in [0.2, 0.25) is 0 Å². The van der Waals surface area contributed by atoms with Crippen LogP contribution in [0.1, 0.15) is 32.6 Å². The lowest BCUT2D eigenvalue weighted by atomic mass is 10.0. The standard InChI is InChI=1S/C13H24N2OS/c1-10(9-17-2)8-15-7-3-4-12(13(15)16)14-11-5-6-11/h10-12,14H,3-9H2,1-2H3. The van der Waals surface area contributed by atoms with Crippen molar-refractivity contribution in [3.8, 4) is 0 Å². The lowest BCUT2D eigenvalue weighted by Gasteiger charge is -2.34. The lowest BCUT2D eigenvalue weighted by Crippen LogP contribution is -2.52. The van der Waals surface area contributed by atoms with Gasteiger partial charge in [0.2, 0.25) is 5.91 Å². The molecule has 0 spiro atoms. The molecule has 4 heteroatoms. The molecular formula is C13H24N2OS. The fourth-order valence-corrected chi connectivity index (χ4v) is 3.20. The van der Waals surface area contributed by atoms with Gasteiger partial charge in [-0.3, -0.25) is 4.79 Å². The van der Waals surface area contributed by atoms with Gasteiger partial charge in [0, 0.05) is 19.1 Å². The Labute approximate surface area is 109 Å². The van der Waals surface area contributed by atoms with Crippen LogP contribution in [-0.4, -0.2) is 48.0 Å². The van der Waals surface area contributed by atoms with E-state index in [9.17, 15) is 4.79 Å². The molecule has 2 fully saturated rings. The number of thioether (sulfide) groups is 1. The zero-order valence-electron chi connectivity index (χ0n) is 10.9. The van der Waals surface area contributed by atoms with Gasteiger partial charge < -0.3 is 10.2 Å². The largest absolute Gasteiger partial charge is 0.341 e. The van der Waals surface area contributed by atoms with Crippen molar-refractivity contribution in [3.05, 3.63) is 0 Å². The fraction of sp³-hybridized carbons (Fsp3) is 0.923. The molecule has 1 amide bonds. The maximum absolute atomic E-state index is 12.3. The molecule has 98 valence electrons. The van der Waals surface area contributed by atoms with Gasteiger partial charge >= 0.3 is 0 Å². The van der Waals surface area contributed by atoms with Gasteiger partial charge in [0.15, 0.2) is 0 Å². The third kappa shape index (κ3) is 3.88. The van der Waals surface area contributed by atoms with Crippen molar-refractivity contribution in [2.24, 2.45) is 5.92 Å². The fourth-order valence-electron chi connectivity index (χ4n) is 2.52. The Morgan fingerprint density at radius 3 is 2.88 bits per heavy atom. The summed E-state index contributed by atoms with van der Waals surface area (Å²) in [4.78, 5) is 14.4. The van der Waals surface area contributed by atoms with E-state index in [4.69, 9.17) is 0 Å². The van der Waals surface area contributed by atoms with E-state index in [1.165, 1.54) is 12.8 Å². The molecule has 1 saturated carbocycles. The van der Waals surface area contributed by atoms with Crippen molar-refractivity contribution in [2.45, 2.75) is 44.7 Å². The van der Waals surface area contributed by atoms with Gasteiger partial charge in [0.05, 0.1) is 6.04 Å². The number of rotatable bonds is 6. The van der Waals surface area contributed by atoms with Crippen molar-refractivity contribution in [1.29, 1.82) is 0 Å². The second-order valence-corrected chi connectivity index (χ2v) is 6.39. The first kappa shape index (κ1) is 13.2. The smallest absolute Gasteiger partial charge is 0.239 e. The Morgan fingerprint density at radius 2 is 2.24 bits per heavy atom. The maximum atomic E-state index is 12.3. The first-order chi connectivity index (χ1) is 8.20. The molecule has 17 heavy (non-hydrogen) atoms. The number of amides is 1. The van der Waals surface area contributed by atoms with E-state index in [2.05, 4.69) is 23.4 Å². The molecule has 2 aliphatic rings. The highest BCUT2D eigenvalue weighted by atomic mass is 32.2. The number of carbonyl (C=O) groups excluding carboxylic acids is 1. The Bertz CT molecular complexity index is 268. The highest BCUT2D eigenvalue weighted by Crippen LogP contribution is 2.23. The first-order valence-corrected chi connectivity index (χ1v) is 8.14. The highest BCUT2D eigenvalue weighted by Gasteiger charge is 2.33. The summed E-state index contributed by atoms with van der Waals surface area (Å²) in [7, 11) is 0. The van der Waals surface area contributed by atoms with Gasteiger partial charge in [0.1, 0.15) is 0 Å². The van der Waals surface area contributed by atoms with E-state index in [0.29, 0.717) is 17.9 Å². The summed E-state index contributed by atoms with van der Waals surface area (Å²) in [5.74, 6) is 2.09. The normalized spacial score (nSPS) is 27.3. The predicted molar refractivity (Wildman–Crippen MR) is 73.3 cm³/mol. The first-order valence-electron chi connectivity index (χ1n) is 6.74. The summed E-state index contributed by atoms with van der Waals surface area (Å²) in [5, 5.41) is 3.48. The molecule has 1 heterocycles. The van der Waals surface area contributed by atoms with Crippen LogP contribution in [0, 0.1) is 5.92 Å². The molecule has 0 aromatic heterocycles. The number of carbonyl (C=O) groups is 1. The number of likely N-dealkylation sites (tertiary alicyclic amines) is 1. The third-order valence-corrected chi connectivity index (χ3v) is 4.43. The summed E-state index contributed by atoms with van der Waals surface area (Å²) in [6.45, 7) is 4.13. The van der Waals surface area contributed by atoms with Crippen LogP contribution >= 0.6 is 11.8 Å². The summed E-state index contributed by atoms with van der Waals surface area (Å²) in [6.07, 6.45) is 6.83. The number of hydrogen-bond donors (Lipinski definition) is 1. The van der Waals surface area contributed by atoms with Gasteiger partial charge in [-0.05, 0) is 43.6 Å². The minimum absolute atomic E-state index is 0.109. The highest BCUT2D eigenvalue weighted by molar-refractivity contribution is 7.98. The van der Waals surface area contributed by atoms with Crippen LogP contribution in [0.3, 0.4) is 0 Å². The van der Waals surface area contributed by atoms with Gasteiger partial charge in [-0.25, -0.2) is 0 Å². The predicted octanol–water partition coefficient (Wildman–Crippen LogP) is 1.73. The molecule has 0 aromatic rings. The van der Waals surface area contributed by atoms with E-state index in [1.807, 2.05) is 11.8 Å². The molecule has 2 unspecified atom stereocenters. The number of nitrogens with one attached hydrogen (secondary N) is 1. The quantitative estimate of drug-likeness (QED) is 0.785. The van der Waals surface area contributed by atoms with Gasteiger partial charge in [-0.15, -0.1) is 0 Å².